The van der Waals surface area contributed by atoms with Gasteiger partial charge in [-0.2, -0.15) is 18.2 Å². The molecule has 0 fully saturated rings. The predicted molar refractivity (Wildman–Crippen MR) is 23.6 cm³/mol. The molecule has 0 aliphatic carbocycles. The van der Waals surface area contributed by atoms with E-state index in [0.717, 1.165) is 13.0 Å². The Bertz CT molecular complexity index is 135. The zero-order valence-corrected chi connectivity index (χ0v) is 4.57. The lowest BCUT2D eigenvalue weighted by Gasteiger charge is -2.07. The third-order valence-electron chi connectivity index (χ3n) is 0.720. The molecule has 0 radical (unpaired) electrons. The monoisotopic (exact) mass is 139 g/mol. The average Bonchev–Trinajstić information content (AvgIpc) is 1.64. The number of rotatable bonds is 1. The van der Waals surface area contributed by atoms with Crippen molar-refractivity contribution in [1.82, 2.24) is 0 Å². The van der Waals surface area contributed by atoms with Crippen molar-refractivity contribution in [2.24, 2.45) is 4.99 Å². The fourth-order valence-corrected chi connectivity index (χ4v) is 0.152. The Kier molecular flexibility index (Phi) is 2.40. The summed E-state index contributed by atoms with van der Waals surface area (Å²) in [6, 6.07) is -1.94. The van der Waals surface area contributed by atoms with Gasteiger partial charge in [-0.3, -0.25) is 0 Å². The van der Waals surface area contributed by atoms with E-state index in [4.69, 9.17) is 0 Å². The van der Waals surface area contributed by atoms with Crippen molar-refractivity contribution in [3.8, 4) is 0 Å². The number of nitrogens with zero attached hydrogens (tertiary/aromatic N) is 1. The van der Waals surface area contributed by atoms with Crippen LogP contribution in [-0.4, -0.2) is 18.3 Å². The minimum absolute atomic E-state index is 0.783. The Morgan fingerprint density at radius 3 is 2.11 bits per heavy atom. The highest BCUT2D eigenvalue weighted by Gasteiger charge is 2.35. The summed E-state index contributed by atoms with van der Waals surface area (Å²) in [6.45, 7) is 0.783. The summed E-state index contributed by atoms with van der Waals surface area (Å²) < 4.78 is 34.1. The van der Waals surface area contributed by atoms with Crippen LogP contribution in [0.3, 0.4) is 0 Å². The smallest absolute Gasteiger partial charge is 0.211 e. The molecule has 0 aromatic heterocycles. The van der Waals surface area contributed by atoms with Gasteiger partial charge in [-0.15, -0.1) is 0 Å². The maximum Gasteiger partial charge on any atom is 0.411 e. The second-order valence-corrected chi connectivity index (χ2v) is 1.44. The van der Waals surface area contributed by atoms with Crippen LogP contribution in [0.1, 0.15) is 6.92 Å². The molecule has 52 valence electrons. The first-order valence-electron chi connectivity index (χ1n) is 2.12. The van der Waals surface area contributed by atoms with E-state index in [2.05, 4.69) is 4.99 Å². The summed E-state index contributed by atoms with van der Waals surface area (Å²) in [5, 5.41) is 0. The van der Waals surface area contributed by atoms with E-state index in [1.54, 1.807) is 0 Å². The topological polar surface area (TPSA) is 29.4 Å². The number of aliphatic imine (C=N–C) groups is 1. The van der Waals surface area contributed by atoms with Crippen molar-refractivity contribution < 1.29 is 18.0 Å². The molecule has 0 aliphatic rings. The highest BCUT2D eigenvalue weighted by molar-refractivity contribution is 5.33. The van der Waals surface area contributed by atoms with Gasteiger partial charge in [0.25, 0.3) is 0 Å². The molecule has 9 heavy (non-hydrogen) atoms. The third kappa shape index (κ3) is 2.87. The van der Waals surface area contributed by atoms with Crippen LogP contribution < -0.4 is 0 Å². The molecule has 0 heterocycles. The molecule has 0 unspecified atom stereocenters. The standard InChI is InChI=1S/C4H4F3NO/c1-3(8-2-9)4(5,6)7/h3H,1H3/t3-/m1/s1. The van der Waals surface area contributed by atoms with Gasteiger partial charge in [-0.1, -0.05) is 0 Å². The maximum atomic E-state index is 11.4. The van der Waals surface area contributed by atoms with E-state index in [-0.39, 0.29) is 0 Å². The van der Waals surface area contributed by atoms with Gasteiger partial charge in [0.1, 0.15) is 0 Å². The largest absolute Gasteiger partial charge is 0.411 e. The Morgan fingerprint density at radius 2 is 2.00 bits per heavy atom. The van der Waals surface area contributed by atoms with Crippen molar-refractivity contribution in [1.29, 1.82) is 0 Å². The summed E-state index contributed by atoms with van der Waals surface area (Å²) in [6.07, 6.45) is -3.59. The highest BCUT2D eigenvalue weighted by Crippen LogP contribution is 2.21. The number of alkyl halides is 3. The van der Waals surface area contributed by atoms with Crippen LogP contribution in [0.15, 0.2) is 4.99 Å². The van der Waals surface area contributed by atoms with Crippen molar-refractivity contribution in [2.45, 2.75) is 19.1 Å². The Hall–Kier alpha value is -0.830. The molecule has 5 heteroatoms. The molecule has 0 bridgehead atoms. The van der Waals surface area contributed by atoms with Crippen molar-refractivity contribution in [3.63, 3.8) is 0 Å². The second kappa shape index (κ2) is 2.64. The highest BCUT2D eigenvalue weighted by atomic mass is 19.4. The zero-order valence-electron chi connectivity index (χ0n) is 4.57. The molecule has 0 saturated carbocycles. The van der Waals surface area contributed by atoms with E-state index in [0.29, 0.717) is 0 Å². The quantitative estimate of drug-likeness (QED) is 0.397. The van der Waals surface area contributed by atoms with Crippen LogP contribution in [0.2, 0.25) is 0 Å². The molecule has 0 spiro atoms. The molecule has 0 amide bonds. The normalized spacial score (nSPS) is 14.2. The van der Waals surface area contributed by atoms with Crippen molar-refractivity contribution in [2.75, 3.05) is 0 Å². The molecule has 2 nitrogen and oxygen atoms in total. The van der Waals surface area contributed by atoms with Gasteiger partial charge in [0.15, 0.2) is 6.04 Å². The van der Waals surface area contributed by atoms with Crippen LogP contribution >= 0.6 is 0 Å². The minimum Gasteiger partial charge on any atom is -0.211 e. The first-order chi connectivity index (χ1) is 3.98. The summed E-state index contributed by atoms with van der Waals surface area (Å²) in [5.41, 5.74) is 0. The molecule has 0 N–H and O–H groups in total. The number of carbonyl (C=O) groups excluding carboxylic acids is 1. The number of halogens is 3. The summed E-state index contributed by atoms with van der Waals surface area (Å²) in [7, 11) is 0. The minimum atomic E-state index is -4.42. The Balaban J connectivity index is 4.03. The Morgan fingerprint density at radius 1 is 1.56 bits per heavy atom. The lowest BCUT2D eigenvalue weighted by Crippen LogP contribution is -2.22. The fourth-order valence-electron chi connectivity index (χ4n) is 0.152. The first-order valence-corrected chi connectivity index (χ1v) is 2.12. The number of hydrogen-bond donors (Lipinski definition) is 0. The molecular formula is C4H4F3NO. The van der Waals surface area contributed by atoms with E-state index in [9.17, 15) is 18.0 Å². The lowest BCUT2D eigenvalue weighted by atomic mass is 10.4. The fraction of sp³-hybridized carbons (Fsp3) is 0.750. The van der Waals surface area contributed by atoms with Crippen LogP contribution in [0, 0.1) is 0 Å². The maximum absolute atomic E-state index is 11.4. The predicted octanol–water partition coefficient (Wildman–Crippen LogP) is 1.27. The third-order valence-corrected chi connectivity index (χ3v) is 0.720. The van der Waals surface area contributed by atoms with Crippen LogP contribution in [0.25, 0.3) is 0 Å². The summed E-state index contributed by atoms with van der Waals surface area (Å²) >= 11 is 0. The molecule has 0 aliphatic heterocycles. The van der Waals surface area contributed by atoms with Crippen LogP contribution in [0.5, 0.6) is 0 Å². The molecule has 1 atom stereocenters. The second-order valence-electron chi connectivity index (χ2n) is 1.44. The van der Waals surface area contributed by atoms with Crippen LogP contribution in [-0.2, 0) is 4.79 Å². The average molecular weight is 139 g/mol. The molecule has 0 saturated heterocycles. The zero-order chi connectivity index (χ0) is 7.49. The molecule has 0 rings (SSSR count). The van der Waals surface area contributed by atoms with E-state index in [1.165, 1.54) is 0 Å². The molecular weight excluding hydrogens is 135 g/mol. The van der Waals surface area contributed by atoms with E-state index < -0.39 is 12.2 Å². The van der Waals surface area contributed by atoms with Gasteiger partial charge in [0.2, 0.25) is 6.08 Å². The van der Waals surface area contributed by atoms with Gasteiger partial charge < -0.3 is 0 Å². The SMILES string of the molecule is C[C@@H](N=C=O)C(F)(F)F. The lowest BCUT2D eigenvalue weighted by molar-refractivity contribution is -0.142. The van der Waals surface area contributed by atoms with Crippen molar-refractivity contribution >= 4 is 6.08 Å². The van der Waals surface area contributed by atoms with E-state index >= 15 is 0 Å². The van der Waals surface area contributed by atoms with Gasteiger partial charge in [-0.05, 0) is 6.92 Å². The van der Waals surface area contributed by atoms with Gasteiger partial charge in [0.05, 0.1) is 0 Å². The van der Waals surface area contributed by atoms with Crippen molar-refractivity contribution in [3.05, 3.63) is 0 Å². The molecule has 0 aromatic rings. The first kappa shape index (κ1) is 8.17. The van der Waals surface area contributed by atoms with E-state index in [1.807, 2.05) is 0 Å². The summed E-state index contributed by atoms with van der Waals surface area (Å²) in [4.78, 5) is 11.7. The summed E-state index contributed by atoms with van der Waals surface area (Å²) in [5.74, 6) is 0. The number of isocyanates is 1. The van der Waals surface area contributed by atoms with Crippen LogP contribution in [0.4, 0.5) is 13.2 Å². The van der Waals surface area contributed by atoms with Gasteiger partial charge >= 0.3 is 6.18 Å². The molecule has 0 aromatic carbocycles. The Labute approximate surface area is 49.4 Å². The van der Waals surface area contributed by atoms with Gasteiger partial charge in [-0.25, -0.2) is 4.79 Å². The number of hydrogen-bond acceptors (Lipinski definition) is 2. The van der Waals surface area contributed by atoms with Gasteiger partial charge in [0, 0.05) is 0 Å².